The molecule has 0 aromatic heterocycles. The van der Waals surface area contributed by atoms with Crippen LogP contribution in [0.2, 0.25) is 0 Å². The van der Waals surface area contributed by atoms with Gasteiger partial charge in [0, 0.05) is 19.0 Å². The van der Waals surface area contributed by atoms with Crippen molar-refractivity contribution in [1.82, 2.24) is 5.32 Å². The number of carbonyl (C=O) groups excluding carboxylic acids is 1. The van der Waals surface area contributed by atoms with E-state index in [1.807, 2.05) is 0 Å². The first-order chi connectivity index (χ1) is 9.22. The molecule has 1 amide bonds. The lowest BCUT2D eigenvalue weighted by atomic mass is 10.1. The van der Waals surface area contributed by atoms with Crippen LogP contribution in [0.15, 0.2) is 18.2 Å². The lowest BCUT2D eigenvalue weighted by Gasteiger charge is -2.10. The second kappa shape index (κ2) is 8.04. The summed E-state index contributed by atoms with van der Waals surface area (Å²) < 4.78 is 10.3. The van der Waals surface area contributed by atoms with E-state index in [4.69, 9.17) is 15.9 Å². The minimum Gasteiger partial charge on any atom is -0.497 e. The van der Waals surface area contributed by atoms with Crippen molar-refractivity contribution in [2.24, 2.45) is 0 Å². The largest absolute Gasteiger partial charge is 0.497 e. The van der Waals surface area contributed by atoms with Gasteiger partial charge in [0.15, 0.2) is 0 Å². The van der Waals surface area contributed by atoms with Crippen LogP contribution in [0.3, 0.4) is 0 Å². The zero-order valence-electron chi connectivity index (χ0n) is 11.4. The third kappa shape index (κ3) is 4.55. The van der Waals surface area contributed by atoms with E-state index in [0.717, 1.165) is 19.3 Å². The fourth-order valence-electron chi connectivity index (χ4n) is 1.64. The molecule has 0 aliphatic rings. The predicted molar refractivity (Wildman–Crippen MR) is 74.6 cm³/mol. The summed E-state index contributed by atoms with van der Waals surface area (Å²) >= 11 is 0. The second-order valence-electron chi connectivity index (χ2n) is 3.98. The maximum absolute atomic E-state index is 12.0. The Hall–Kier alpha value is -2.15. The molecule has 4 nitrogen and oxygen atoms in total. The molecule has 1 aromatic carbocycles. The Balaban J connectivity index is 2.59. The van der Waals surface area contributed by atoms with Gasteiger partial charge < -0.3 is 14.8 Å². The SMILES string of the molecule is C#CCCCCNC(=O)c1ccc(OC)cc1OC. The van der Waals surface area contributed by atoms with E-state index in [-0.39, 0.29) is 5.91 Å². The molecule has 0 saturated carbocycles. The molecule has 102 valence electrons. The number of ether oxygens (including phenoxy) is 2. The Morgan fingerprint density at radius 1 is 1.32 bits per heavy atom. The van der Waals surface area contributed by atoms with Crippen molar-refractivity contribution in [3.63, 3.8) is 0 Å². The van der Waals surface area contributed by atoms with Crippen LogP contribution in [0.4, 0.5) is 0 Å². The standard InChI is InChI=1S/C15H19NO3/c1-4-5-6-7-10-16-15(17)13-9-8-12(18-2)11-14(13)19-3/h1,8-9,11H,5-7,10H2,2-3H3,(H,16,17). The topological polar surface area (TPSA) is 47.6 Å². The van der Waals surface area contributed by atoms with Gasteiger partial charge in [0.2, 0.25) is 0 Å². The van der Waals surface area contributed by atoms with Crippen LogP contribution in [0.5, 0.6) is 11.5 Å². The molecule has 1 rings (SSSR count). The van der Waals surface area contributed by atoms with Crippen molar-refractivity contribution in [2.75, 3.05) is 20.8 Å². The van der Waals surface area contributed by atoms with Crippen LogP contribution in [0.1, 0.15) is 29.6 Å². The molecule has 4 heteroatoms. The number of terminal acetylenes is 1. The fraction of sp³-hybridized carbons (Fsp3) is 0.400. The number of rotatable bonds is 7. The minimum atomic E-state index is -0.153. The highest BCUT2D eigenvalue weighted by Gasteiger charge is 2.12. The van der Waals surface area contributed by atoms with E-state index in [2.05, 4.69) is 11.2 Å². The monoisotopic (exact) mass is 261 g/mol. The molecular weight excluding hydrogens is 242 g/mol. The summed E-state index contributed by atoms with van der Waals surface area (Å²) in [6.07, 6.45) is 7.68. The summed E-state index contributed by atoms with van der Waals surface area (Å²) in [5, 5.41) is 2.84. The molecule has 1 N–H and O–H groups in total. The first-order valence-electron chi connectivity index (χ1n) is 6.16. The van der Waals surface area contributed by atoms with Gasteiger partial charge in [-0.2, -0.15) is 0 Å². The molecule has 0 radical (unpaired) electrons. The van der Waals surface area contributed by atoms with E-state index in [1.54, 1.807) is 25.3 Å². The van der Waals surface area contributed by atoms with Gasteiger partial charge in [0.05, 0.1) is 19.8 Å². The molecule has 0 unspecified atom stereocenters. The Morgan fingerprint density at radius 3 is 2.74 bits per heavy atom. The van der Waals surface area contributed by atoms with Gasteiger partial charge >= 0.3 is 0 Å². The van der Waals surface area contributed by atoms with E-state index < -0.39 is 0 Å². The van der Waals surface area contributed by atoms with Crippen LogP contribution in [-0.4, -0.2) is 26.7 Å². The van der Waals surface area contributed by atoms with Crippen LogP contribution < -0.4 is 14.8 Å². The molecule has 0 aliphatic heterocycles. The summed E-state index contributed by atoms with van der Waals surface area (Å²) in [7, 11) is 3.10. The van der Waals surface area contributed by atoms with Gasteiger partial charge in [-0.1, -0.05) is 0 Å². The molecule has 0 saturated heterocycles. The average Bonchev–Trinajstić information content (AvgIpc) is 2.46. The molecular formula is C15H19NO3. The number of carbonyl (C=O) groups is 1. The predicted octanol–water partition coefficient (Wildman–Crippen LogP) is 2.24. The first kappa shape index (κ1) is 14.9. The number of unbranched alkanes of at least 4 members (excludes halogenated alkanes) is 2. The summed E-state index contributed by atoms with van der Waals surface area (Å²) in [6, 6.07) is 5.11. The van der Waals surface area contributed by atoms with E-state index >= 15 is 0 Å². The molecule has 19 heavy (non-hydrogen) atoms. The van der Waals surface area contributed by atoms with Gasteiger partial charge in [-0.15, -0.1) is 12.3 Å². The molecule has 1 aromatic rings. The van der Waals surface area contributed by atoms with Gasteiger partial charge in [-0.05, 0) is 25.0 Å². The summed E-state index contributed by atoms with van der Waals surface area (Å²) in [5.41, 5.74) is 0.500. The van der Waals surface area contributed by atoms with E-state index in [9.17, 15) is 4.79 Å². The fourth-order valence-corrected chi connectivity index (χ4v) is 1.64. The third-order valence-electron chi connectivity index (χ3n) is 2.69. The maximum Gasteiger partial charge on any atom is 0.255 e. The summed E-state index contributed by atoms with van der Waals surface area (Å²) in [4.78, 5) is 12.0. The number of amides is 1. The number of methoxy groups -OCH3 is 2. The van der Waals surface area contributed by atoms with Crippen molar-refractivity contribution in [3.05, 3.63) is 23.8 Å². The quantitative estimate of drug-likeness (QED) is 0.605. The summed E-state index contributed by atoms with van der Waals surface area (Å²) in [6.45, 7) is 0.607. The molecule has 0 fully saturated rings. The maximum atomic E-state index is 12.0. The zero-order chi connectivity index (χ0) is 14.1. The van der Waals surface area contributed by atoms with Crippen LogP contribution in [0.25, 0.3) is 0 Å². The van der Waals surface area contributed by atoms with Gasteiger partial charge in [0.25, 0.3) is 5.91 Å². The van der Waals surface area contributed by atoms with E-state index in [0.29, 0.717) is 23.6 Å². The first-order valence-corrected chi connectivity index (χ1v) is 6.16. The van der Waals surface area contributed by atoms with Gasteiger partial charge in [-0.3, -0.25) is 4.79 Å². The van der Waals surface area contributed by atoms with Crippen LogP contribution >= 0.6 is 0 Å². The van der Waals surface area contributed by atoms with E-state index in [1.165, 1.54) is 7.11 Å². The normalized spacial score (nSPS) is 9.53. The van der Waals surface area contributed by atoms with Crippen LogP contribution in [0, 0.1) is 12.3 Å². The number of hydrogen-bond acceptors (Lipinski definition) is 3. The Morgan fingerprint density at radius 2 is 2.11 bits per heavy atom. The highest BCUT2D eigenvalue weighted by Crippen LogP contribution is 2.24. The third-order valence-corrected chi connectivity index (χ3v) is 2.69. The smallest absolute Gasteiger partial charge is 0.255 e. The number of hydrogen-bond donors (Lipinski definition) is 1. The summed E-state index contributed by atoms with van der Waals surface area (Å²) in [5.74, 6) is 3.57. The highest BCUT2D eigenvalue weighted by atomic mass is 16.5. The van der Waals surface area contributed by atoms with Crippen molar-refractivity contribution in [2.45, 2.75) is 19.3 Å². The molecule has 0 heterocycles. The minimum absolute atomic E-state index is 0.153. The zero-order valence-corrected chi connectivity index (χ0v) is 11.4. The van der Waals surface area contributed by atoms with Crippen LogP contribution in [-0.2, 0) is 0 Å². The van der Waals surface area contributed by atoms with Gasteiger partial charge in [-0.25, -0.2) is 0 Å². The Labute approximate surface area is 114 Å². The number of nitrogens with one attached hydrogen (secondary N) is 1. The molecule has 0 bridgehead atoms. The van der Waals surface area contributed by atoms with Crippen molar-refractivity contribution in [3.8, 4) is 23.8 Å². The number of benzene rings is 1. The van der Waals surface area contributed by atoms with Crippen molar-refractivity contribution in [1.29, 1.82) is 0 Å². The molecule has 0 atom stereocenters. The Bertz CT molecular complexity index is 463. The van der Waals surface area contributed by atoms with Gasteiger partial charge in [0.1, 0.15) is 11.5 Å². The van der Waals surface area contributed by atoms with Crippen molar-refractivity contribution >= 4 is 5.91 Å². The second-order valence-corrected chi connectivity index (χ2v) is 3.98. The highest BCUT2D eigenvalue weighted by molar-refractivity contribution is 5.97. The Kier molecular flexibility index (Phi) is 6.31. The lowest BCUT2D eigenvalue weighted by Crippen LogP contribution is -2.24. The van der Waals surface area contributed by atoms with Crippen molar-refractivity contribution < 1.29 is 14.3 Å². The molecule has 0 aliphatic carbocycles. The average molecular weight is 261 g/mol. The molecule has 0 spiro atoms. The lowest BCUT2D eigenvalue weighted by molar-refractivity contribution is 0.0950.